The molecule has 3 rings (SSSR count). The molecule has 3 atom stereocenters. The van der Waals surface area contributed by atoms with Gasteiger partial charge in [0.05, 0.1) is 20.3 Å². The quantitative estimate of drug-likeness (QED) is 0.864. The van der Waals surface area contributed by atoms with Gasteiger partial charge in [0, 0.05) is 11.5 Å². The summed E-state index contributed by atoms with van der Waals surface area (Å²) in [5.74, 6) is 1.51. The van der Waals surface area contributed by atoms with Crippen LogP contribution in [-0.4, -0.2) is 50.0 Å². The number of hydrogen-bond acceptors (Lipinski definition) is 4. The van der Waals surface area contributed by atoms with E-state index < -0.39 is 0 Å². The second-order valence-electron chi connectivity index (χ2n) is 6.02. The lowest BCUT2D eigenvalue weighted by Gasteiger charge is -2.39. The number of likely N-dealkylation sites (tertiary alicyclic amines) is 1. The summed E-state index contributed by atoms with van der Waals surface area (Å²) in [5, 5.41) is 9.96. The zero-order valence-electron chi connectivity index (χ0n) is 12.9. The van der Waals surface area contributed by atoms with E-state index in [9.17, 15) is 5.11 Å². The van der Waals surface area contributed by atoms with Gasteiger partial charge in [0.25, 0.3) is 0 Å². The van der Waals surface area contributed by atoms with Crippen LogP contribution in [0.2, 0.25) is 0 Å². The van der Waals surface area contributed by atoms with Crippen molar-refractivity contribution in [3.8, 4) is 11.5 Å². The van der Waals surface area contributed by atoms with E-state index in [4.69, 9.17) is 9.47 Å². The summed E-state index contributed by atoms with van der Waals surface area (Å²) in [6.07, 6.45) is 5.63. The van der Waals surface area contributed by atoms with Crippen molar-refractivity contribution >= 4 is 0 Å². The molecule has 0 radical (unpaired) electrons. The largest absolute Gasteiger partial charge is 0.493 e. The summed E-state index contributed by atoms with van der Waals surface area (Å²) in [6.45, 7) is 1.04. The summed E-state index contributed by atoms with van der Waals surface area (Å²) in [4.78, 5) is 2.35. The van der Waals surface area contributed by atoms with Gasteiger partial charge in [-0.1, -0.05) is 18.2 Å². The number of methoxy groups -OCH3 is 2. The Hall–Kier alpha value is -1.52. The topological polar surface area (TPSA) is 41.9 Å². The number of nitrogens with zero attached hydrogens (tertiary/aromatic N) is 1. The highest BCUT2D eigenvalue weighted by atomic mass is 16.5. The minimum Gasteiger partial charge on any atom is -0.493 e. The van der Waals surface area contributed by atoms with E-state index in [0.717, 1.165) is 30.9 Å². The number of aliphatic hydroxyl groups excluding tert-OH is 1. The average molecular weight is 289 g/mol. The van der Waals surface area contributed by atoms with Crippen molar-refractivity contribution in [2.45, 2.75) is 30.4 Å². The number of aliphatic hydroxyl groups is 1. The fourth-order valence-electron chi connectivity index (χ4n) is 3.81. The number of rotatable bonds is 3. The zero-order chi connectivity index (χ0) is 15.0. The summed E-state index contributed by atoms with van der Waals surface area (Å²) < 4.78 is 10.8. The lowest BCUT2D eigenvalue weighted by molar-refractivity contribution is 0.137. The number of benzene rings is 1. The fourth-order valence-corrected chi connectivity index (χ4v) is 3.81. The van der Waals surface area contributed by atoms with E-state index >= 15 is 0 Å². The maximum atomic E-state index is 9.96. The van der Waals surface area contributed by atoms with Crippen LogP contribution in [0.1, 0.15) is 18.4 Å². The van der Waals surface area contributed by atoms with Crippen molar-refractivity contribution in [2.24, 2.45) is 0 Å². The molecule has 0 bridgehead atoms. The van der Waals surface area contributed by atoms with Crippen LogP contribution in [0.15, 0.2) is 30.4 Å². The van der Waals surface area contributed by atoms with Gasteiger partial charge in [-0.3, -0.25) is 0 Å². The molecule has 0 aromatic heterocycles. The normalized spacial score (nSPS) is 32.0. The molecule has 1 fully saturated rings. The predicted octanol–water partition coefficient (Wildman–Crippen LogP) is 1.97. The van der Waals surface area contributed by atoms with Crippen molar-refractivity contribution < 1.29 is 14.6 Å². The Kier molecular flexibility index (Phi) is 3.68. The third-order valence-electron chi connectivity index (χ3n) is 5.01. The van der Waals surface area contributed by atoms with Crippen molar-refractivity contribution in [3.63, 3.8) is 0 Å². The number of fused-ring (bicyclic) bond motifs is 1. The smallest absolute Gasteiger partial charge is 0.161 e. The van der Waals surface area contributed by atoms with Gasteiger partial charge in [0.2, 0.25) is 0 Å². The molecule has 1 N–H and O–H groups in total. The summed E-state index contributed by atoms with van der Waals surface area (Å²) in [7, 11) is 5.45. The molecule has 21 heavy (non-hydrogen) atoms. The Morgan fingerprint density at radius 3 is 2.71 bits per heavy atom. The van der Waals surface area contributed by atoms with Gasteiger partial charge in [-0.25, -0.2) is 0 Å². The summed E-state index contributed by atoms with van der Waals surface area (Å²) in [6, 6.07) is 6.50. The second kappa shape index (κ2) is 5.35. The molecule has 1 saturated heterocycles. The Balaban J connectivity index is 2.07. The first-order chi connectivity index (χ1) is 10.1. The fraction of sp³-hybridized carbons (Fsp3) is 0.529. The van der Waals surface area contributed by atoms with Crippen molar-refractivity contribution in [3.05, 3.63) is 35.9 Å². The highest BCUT2D eigenvalue weighted by Crippen LogP contribution is 2.46. The van der Waals surface area contributed by atoms with E-state index in [1.165, 1.54) is 5.56 Å². The monoisotopic (exact) mass is 289 g/mol. The highest BCUT2D eigenvalue weighted by molar-refractivity contribution is 5.48. The molecular formula is C17H23NO3. The predicted molar refractivity (Wildman–Crippen MR) is 82.0 cm³/mol. The molecule has 0 unspecified atom stereocenters. The summed E-state index contributed by atoms with van der Waals surface area (Å²) >= 11 is 0. The van der Waals surface area contributed by atoms with Crippen LogP contribution in [0.25, 0.3) is 0 Å². The first kappa shape index (κ1) is 14.4. The molecule has 1 aromatic carbocycles. The van der Waals surface area contributed by atoms with Crippen molar-refractivity contribution in [1.82, 2.24) is 4.90 Å². The Morgan fingerprint density at radius 1 is 1.24 bits per heavy atom. The number of hydrogen-bond donors (Lipinski definition) is 1. The van der Waals surface area contributed by atoms with Crippen molar-refractivity contribution in [2.75, 3.05) is 27.8 Å². The third-order valence-corrected chi connectivity index (χ3v) is 5.01. The number of likely N-dealkylation sites (N-methyl/N-ethyl adjacent to an activating group) is 1. The average Bonchev–Trinajstić information content (AvgIpc) is 2.85. The first-order valence-electron chi connectivity index (χ1n) is 7.41. The highest BCUT2D eigenvalue weighted by Gasteiger charge is 2.48. The van der Waals surface area contributed by atoms with Gasteiger partial charge < -0.3 is 19.5 Å². The molecule has 0 saturated carbocycles. The molecule has 4 nitrogen and oxygen atoms in total. The van der Waals surface area contributed by atoms with Gasteiger partial charge in [0.15, 0.2) is 11.5 Å². The van der Waals surface area contributed by atoms with E-state index in [-0.39, 0.29) is 11.5 Å². The van der Waals surface area contributed by atoms with Crippen molar-refractivity contribution in [1.29, 1.82) is 0 Å². The van der Waals surface area contributed by atoms with E-state index in [1.807, 2.05) is 12.1 Å². The molecule has 2 aliphatic rings. The van der Waals surface area contributed by atoms with Crippen LogP contribution < -0.4 is 9.47 Å². The van der Waals surface area contributed by atoms with Gasteiger partial charge in [-0.05, 0) is 44.1 Å². The summed E-state index contributed by atoms with van der Waals surface area (Å²) in [5.41, 5.74) is 1.20. The van der Waals surface area contributed by atoms with Crippen LogP contribution in [0.4, 0.5) is 0 Å². The Morgan fingerprint density at radius 2 is 2.00 bits per heavy atom. The molecular weight excluding hydrogens is 266 g/mol. The SMILES string of the molecule is COc1ccc([C@@]23C=C[C@@H](O)C[C@@H]2N(C)CC3)cc1OC. The maximum absolute atomic E-state index is 9.96. The Labute approximate surface area is 126 Å². The van der Waals surface area contributed by atoms with E-state index in [0.29, 0.717) is 6.04 Å². The molecule has 1 aliphatic heterocycles. The van der Waals surface area contributed by atoms with Crippen LogP contribution in [0.5, 0.6) is 11.5 Å². The minimum absolute atomic E-state index is 0.0342. The zero-order valence-corrected chi connectivity index (χ0v) is 12.9. The molecule has 1 aromatic rings. The Bertz CT molecular complexity index is 557. The van der Waals surface area contributed by atoms with Crippen LogP contribution in [-0.2, 0) is 5.41 Å². The molecule has 4 heteroatoms. The van der Waals surface area contributed by atoms with Crippen LogP contribution >= 0.6 is 0 Å². The van der Waals surface area contributed by atoms with Gasteiger partial charge in [-0.15, -0.1) is 0 Å². The van der Waals surface area contributed by atoms with Crippen LogP contribution in [0.3, 0.4) is 0 Å². The molecule has 1 aliphatic carbocycles. The maximum Gasteiger partial charge on any atom is 0.161 e. The van der Waals surface area contributed by atoms with E-state index in [2.05, 4.69) is 30.2 Å². The van der Waals surface area contributed by atoms with E-state index in [1.54, 1.807) is 14.2 Å². The van der Waals surface area contributed by atoms with Gasteiger partial charge >= 0.3 is 0 Å². The van der Waals surface area contributed by atoms with Gasteiger partial charge in [0.1, 0.15) is 0 Å². The second-order valence-corrected chi connectivity index (χ2v) is 6.02. The molecule has 1 heterocycles. The first-order valence-corrected chi connectivity index (χ1v) is 7.41. The lowest BCUT2D eigenvalue weighted by atomic mass is 9.69. The molecule has 0 spiro atoms. The molecule has 114 valence electrons. The standard InChI is InChI=1S/C17H23NO3/c1-18-9-8-17(7-6-13(19)11-16(17)18)12-4-5-14(20-2)15(10-12)21-3/h4-7,10,13,16,19H,8-9,11H2,1-3H3/t13-,16+,17+/m1/s1. The minimum atomic E-state index is -0.344. The molecule has 0 amide bonds. The lowest BCUT2D eigenvalue weighted by Crippen LogP contribution is -2.44. The number of ether oxygens (including phenoxy) is 2. The third kappa shape index (κ3) is 2.23. The van der Waals surface area contributed by atoms with Crippen LogP contribution in [0, 0.1) is 0 Å². The van der Waals surface area contributed by atoms with Gasteiger partial charge in [-0.2, -0.15) is 0 Å².